The summed E-state index contributed by atoms with van der Waals surface area (Å²) in [5, 5.41) is 0.00715. The molecule has 1 aromatic carbocycles. The molecule has 0 fully saturated rings. The SMILES string of the molecule is COC(=O)[C@H](c1c[nH]c2ccc(F)cc12)C(F)(F)F. The summed E-state index contributed by atoms with van der Waals surface area (Å²) >= 11 is 0. The van der Waals surface area contributed by atoms with E-state index in [0.29, 0.717) is 5.52 Å². The third kappa shape index (κ3) is 2.40. The second-order valence-corrected chi connectivity index (χ2v) is 3.93. The number of rotatable bonds is 2. The lowest BCUT2D eigenvalue weighted by atomic mass is 9.98. The van der Waals surface area contributed by atoms with Gasteiger partial charge in [-0.25, -0.2) is 4.39 Å². The van der Waals surface area contributed by atoms with E-state index in [2.05, 4.69) is 9.72 Å². The summed E-state index contributed by atoms with van der Waals surface area (Å²) < 4.78 is 56.1. The van der Waals surface area contributed by atoms with Crippen LogP contribution in [0.25, 0.3) is 10.9 Å². The van der Waals surface area contributed by atoms with Gasteiger partial charge in [0.1, 0.15) is 5.82 Å². The van der Waals surface area contributed by atoms with Gasteiger partial charge in [-0.05, 0) is 18.2 Å². The van der Waals surface area contributed by atoms with E-state index in [1.807, 2.05) is 0 Å². The molecule has 19 heavy (non-hydrogen) atoms. The molecule has 0 aliphatic carbocycles. The van der Waals surface area contributed by atoms with Gasteiger partial charge >= 0.3 is 12.1 Å². The number of H-pyrrole nitrogens is 1. The molecule has 0 aliphatic heterocycles. The van der Waals surface area contributed by atoms with E-state index < -0.39 is 23.9 Å². The molecule has 0 saturated heterocycles. The van der Waals surface area contributed by atoms with Gasteiger partial charge in [-0.2, -0.15) is 13.2 Å². The highest BCUT2D eigenvalue weighted by Crippen LogP contribution is 2.39. The minimum absolute atomic E-state index is 0.00715. The fourth-order valence-corrected chi connectivity index (χ4v) is 1.91. The lowest BCUT2D eigenvalue weighted by Gasteiger charge is -2.17. The molecule has 1 atom stereocenters. The predicted octanol–water partition coefficient (Wildman–Crippen LogP) is 3.13. The number of fused-ring (bicyclic) bond motifs is 1. The highest BCUT2D eigenvalue weighted by molar-refractivity contribution is 5.90. The molecule has 0 radical (unpaired) electrons. The molecule has 0 bridgehead atoms. The smallest absolute Gasteiger partial charge is 0.406 e. The first-order chi connectivity index (χ1) is 8.84. The quantitative estimate of drug-likeness (QED) is 0.676. The minimum atomic E-state index is -4.81. The Hall–Kier alpha value is -2.05. The number of halogens is 4. The van der Waals surface area contributed by atoms with E-state index in [9.17, 15) is 22.4 Å². The van der Waals surface area contributed by atoms with Crippen LogP contribution in [0.3, 0.4) is 0 Å². The Labute approximate surface area is 105 Å². The van der Waals surface area contributed by atoms with Gasteiger partial charge in [-0.3, -0.25) is 4.79 Å². The van der Waals surface area contributed by atoms with Crippen molar-refractivity contribution >= 4 is 16.9 Å². The molecular weight excluding hydrogens is 266 g/mol. The first-order valence-electron chi connectivity index (χ1n) is 5.25. The minimum Gasteiger partial charge on any atom is -0.468 e. The van der Waals surface area contributed by atoms with Crippen LogP contribution in [-0.4, -0.2) is 24.2 Å². The van der Waals surface area contributed by atoms with Crippen LogP contribution in [-0.2, 0) is 9.53 Å². The van der Waals surface area contributed by atoms with Crippen LogP contribution in [0.4, 0.5) is 17.6 Å². The van der Waals surface area contributed by atoms with Crippen LogP contribution in [0.2, 0.25) is 0 Å². The fraction of sp³-hybridized carbons (Fsp3) is 0.250. The summed E-state index contributed by atoms with van der Waals surface area (Å²) in [6.45, 7) is 0. The largest absolute Gasteiger partial charge is 0.468 e. The van der Waals surface area contributed by atoms with Crippen molar-refractivity contribution in [2.45, 2.75) is 12.1 Å². The van der Waals surface area contributed by atoms with Crippen molar-refractivity contribution in [2.75, 3.05) is 7.11 Å². The topological polar surface area (TPSA) is 42.1 Å². The first-order valence-corrected chi connectivity index (χ1v) is 5.25. The summed E-state index contributed by atoms with van der Waals surface area (Å²) in [4.78, 5) is 13.9. The second-order valence-electron chi connectivity index (χ2n) is 3.93. The van der Waals surface area contributed by atoms with E-state index in [4.69, 9.17) is 0 Å². The monoisotopic (exact) mass is 275 g/mol. The standard InChI is InChI=1S/C12H9F4NO2/c1-19-11(18)10(12(14,15)16)8-5-17-9-3-2-6(13)4-7(8)9/h2-5,10,17H,1H3/t10-/m0/s1. The van der Waals surface area contributed by atoms with Gasteiger partial charge in [-0.15, -0.1) is 0 Å². The van der Waals surface area contributed by atoms with Crippen molar-refractivity contribution in [3.05, 3.63) is 35.8 Å². The average molecular weight is 275 g/mol. The number of esters is 1. The zero-order valence-electron chi connectivity index (χ0n) is 9.72. The van der Waals surface area contributed by atoms with Crippen molar-refractivity contribution in [3.8, 4) is 0 Å². The average Bonchev–Trinajstić information content (AvgIpc) is 2.70. The van der Waals surface area contributed by atoms with Gasteiger partial charge in [0.25, 0.3) is 0 Å². The number of aromatic nitrogens is 1. The van der Waals surface area contributed by atoms with Crippen LogP contribution in [0.1, 0.15) is 11.5 Å². The van der Waals surface area contributed by atoms with Crippen molar-refractivity contribution in [2.24, 2.45) is 0 Å². The number of nitrogens with one attached hydrogen (secondary N) is 1. The Bertz CT molecular complexity index is 618. The molecular formula is C12H9F4NO2. The van der Waals surface area contributed by atoms with Crippen LogP contribution in [0.5, 0.6) is 0 Å². The summed E-state index contributed by atoms with van der Waals surface area (Å²) in [5.41, 5.74) is -0.0385. The van der Waals surface area contributed by atoms with Gasteiger partial charge in [0.15, 0.2) is 5.92 Å². The third-order valence-corrected chi connectivity index (χ3v) is 2.75. The number of ether oxygens (including phenoxy) is 1. The van der Waals surface area contributed by atoms with E-state index in [1.54, 1.807) is 0 Å². The lowest BCUT2D eigenvalue weighted by Crippen LogP contribution is -2.29. The molecule has 3 nitrogen and oxygen atoms in total. The molecule has 0 aliphatic rings. The fourth-order valence-electron chi connectivity index (χ4n) is 1.91. The number of carbonyl (C=O) groups excluding carboxylic acids is 1. The first kappa shape index (κ1) is 13.4. The number of alkyl halides is 3. The van der Waals surface area contributed by atoms with Crippen LogP contribution >= 0.6 is 0 Å². The normalized spacial score (nSPS) is 13.5. The maximum absolute atomic E-state index is 13.1. The summed E-state index contributed by atoms with van der Waals surface area (Å²) in [6.07, 6.45) is -3.77. The maximum atomic E-state index is 13.1. The van der Waals surface area contributed by atoms with E-state index in [1.165, 1.54) is 6.07 Å². The molecule has 7 heteroatoms. The van der Waals surface area contributed by atoms with E-state index >= 15 is 0 Å². The molecule has 2 aromatic rings. The van der Waals surface area contributed by atoms with Crippen molar-refractivity contribution < 1.29 is 27.1 Å². The van der Waals surface area contributed by atoms with Gasteiger partial charge in [0.05, 0.1) is 7.11 Å². The van der Waals surface area contributed by atoms with E-state index in [0.717, 1.165) is 25.4 Å². The van der Waals surface area contributed by atoms with Crippen molar-refractivity contribution in [1.29, 1.82) is 0 Å². The Kier molecular flexibility index (Phi) is 3.21. The van der Waals surface area contributed by atoms with Gasteiger partial charge in [0, 0.05) is 22.7 Å². The number of aromatic amines is 1. The Morgan fingerprint density at radius 1 is 1.37 bits per heavy atom. The predicted molar refractivity (Wildman–Crippen MR) is 59.1 cm³/mol. The second kappa shape index (κ2) is 4.56. The zero-order chi connectivity index (χ0) is 14.2. The Morgan fingerprint density at radius 3 is 2.63 bits per heavy atom. The van der Waals surface area contributed by atoms with Crippen LogP contribution in [0.15, 0.2) is 24.4 Å². The molecule has 2 rings (SSSR count). The number of hydrogen-bond acceptors (Lipinski definition) is 2. The summed E-state index contributed by atoms with van der Waals surface area (Å²) in [7, 11) is 0.872. The summed E-state index contributed by atoms with van der Waals surface area (Å²) in [6, 6.07) is 3.37. The Morgan fingerprint density at radius 2 is 2.05 bits per heavy atom. The molecule has 1 aromatic heterocycles. The molecule has 0 unspecified atom stereocenters. The Balaban J connectivity index is 2.63. The third-order valence-electron chi connectivity index (χ3n) is 2.75. The number of benzene rings is 1. The molecule has 1 N–H and O–H groups in total. The van der Waals surface area contributed by atoms with Gasteiger partial charge < -0.3 is 9.72 Å². The lowest BCUT2D eigenvalue weighted by molar-refractivity contribution is -0.179. The number of carbonyl (C=O) groups is 1. The maximum Gasteiger partial charge on any atom is 0.406 e. The summed E-state index contributed by atoms with van der Waals surface area (Å²) in [5.74, 6) is -4.55. The highest BCUT2D eigenvalue weighted by Gasteiger charge is 2.48. The number of hydrogen-bond donors (Lipinski definition) is 1. The molecule has 1 heterocycles. The van der Waals surface area contributed by atoms with Crippen molar-refractivity contribution in [1.82, 2.24) is 4.98 Å². The molecule has 0 amide bonds. The van der Waals surface area contributed by atoms with Crippen molar-refractivity contribution in [3.63, 3.8) is 0 Å². The van der Waals surface area contributed by atoms with Crippen LogP contribution in [0, 0.1) is 5.82 Å². The molecule has 0 spiro atoms. The number of methoxy groups -OCH3 is 1. The van der Waals surface area contributed by atoms with E-state index in [-0.39, 0.29) is 10.9 Å². The molecule has 102 valence electrons. The van der Waals surface area contributed by atoms with Crippen LogP contribution < -0.4 is 0 Å². The zero-order valence-corrected chi connectivity index (χ0v) is 9.72. The highest BCUT2D eigenvalue weighted by atomic mass is 19.4. The van der Waals surface area contributed by atoms with Gasteiger partial charge in [0.2, 0.25) is 0 Å². The van der Waals surface area contributed by atoms with Gasteiger partial charge in [-0.1, -0.05) is 0 Å². The molecule has 0 saturated carbocycles.